The Balaban J connectivity index is 1.76. The average Bonchev–Trinajstić information content (AvgIpc) is 2.97. The van der Waals surface area contributed by atoms with Crippen molar-refractivity contribution in [1.82, 2.24) is 13.9 Å². The summed E-state index contributed by atoms with van der Waals surface area (Å²) in [6.45, 7) is 1.34. The van der Waals surface area contributed by atoms with Gasteiger partial charge in [0.15, 0.2) is 0 Å². The van der Waals surface area contributed by atoms with Gasteiger partial charge in [-0.15, -0.1) is 11.3 Å². The van der Waals surface area contributed by atoms with Crippen LogP contribution in [0.15, 0.2) is 22.6 Å². The topological polar surface area (TPSA) is 72.3 Å². The van der Waals surface area contributed by atoms with Crippen LogP contribution in [0.1, 0.15) is 19.3 Å². The van der Waals surface area contributed by atoms with Gasteiger partial charge >= 0.3 is 0 Å². The molecule has 21 heavy (non-hydrogen) atoms. The zero-order valence-corrected chi connectivity index (χ0v) is 13.2. The summed E-state index contributed by atoms with van der Waals surface area (Å²) in [5.74, 6) is -0.0514. The van der Waals surface area contributed by atoms with Crippen LogP contribution in [-0.2, 0) is 16.6 Å². The second-order valence-corrected chi connectivity index (χ2v) is 8.14. The first-order chi connectivity index (χ1) is 10.1. The lowest BCUT2D eigenvalue weighted by atomic mass is 10.2. The van der Waals surface area contributed by atoms with Crippen LogP contribution in [-0.4, -0.2) is 41.1 Å². The smallest absolute Gasteiger partial charge is 0.262 e. The Labute approximate surface area is 127 Å². The highest BCUT2D eigenvalue weighted by molar-refractivity contribution is 7.89. The van der Waals surface area contributed by atoms with E-state index in [1.807, 2.05) is 5.38 Å². The molecule has 0 bridgehead atoms. The Hall–Kier alpha value is -1.25. The molecule has 1 aliphatic rings. The lowest BCUT2D eigenvalue weighted by Crippen LogP contribution is -2.38. The van der Waals surface area contributed by atoms with Crippen LogP contribution in [0.2, 0.25) is 0 Å². The first kappa shape index (κ1) is 14.7. The van der Waals surface area contributed by atoms with Crippen LogP contribution >= 0.6 is 11.3 Å². The number of hydrogen-bond donors (Lipinski definition) is 0. The molecule has 1 aliphatic heterocycles. The minimum Gasteiger partial charge on any atom is -0.298 e. The Kier molecular flexibility index (Phi) is 4.10. The monoisotopic (exact) mass is 327 g/mol. The van der Waals surface area contributed by atoms with E-state index in [0.717, 1.165) is 19.3 Å². The molecule has 114 valence electrons. The number of hydrogen-bond acceptors (Lipinski definition) is 5. The molecular formula is C13H17N3O3S2. The fourth-order valence-corrected chi connectivity index (χ4v) is 4.76. The molecule has 0 spiro atoms. The normalized spacial score (nSPS) is 17.3. The summed E-state index contributed by atoms with van der Waals surface area (Å²) in [5, 5.41) is 2.37. The molecule has 8 heteroatoms. The molecule has 0 N–H and O–H groups in total. The Morgan fingerprint density at radius 3 is 2.76 bits per heavy atom. The lowest BCUT2D eigenvalue weighted by molar-refractivity contribution is 0.345. The highest BCUT2D eigenvalue weighted by Crippen LogP contribution is 2.15. The molecular weight excluding hydrogens is 310 g/mol. The summed E-state index contributed by atoms with van der Waals surface area (Å²) in [6.07, 6.45) is 4.36. The van der Waals surface area contributed by atoms with Crippen molar-refractivity contribution in [3.8, 4) is 0 Å². The first-order valence-corrected chi connectivity index (χ1v) is 9.47. The molecule has 0 saturated carbocycles. The average molecular weight is 327 g/mol. The molecule has 6 nitrogen and oxygen atoms in total. The fourth-order valence-electron chi connectivity index (χ4n) is 2.54. The van der Waals surface area contributed by atoms with Gasteiger partial charge in [-0.3, -0.25) is 9.36 Å². The molecule has 1 fully saturated rings. The summed E-state index contributed by atoms with van der Waals surface area (Å²) >= 11 is 1.41. The minimum atomic E-state index is -3.29. The third-order valence-corrected chi connectivity index (χ3v) is 6.42. The first-order valence-electron chi connectivity index (χ1n) is 6.98. The van der Waals surface area contributed by atoms with E-state index in [9.17, 15) is 13.2 Å². The highest BCUT2D eigenvalue weighted by Gasteiger charge is 2.23. The van der Waals surface area contributed by atoms with Crippen LogP contribution in [0.4, 0.5) is 0 Å². The van der Waals surface area contributed by atoms with Gasteiger partial charge < -0.3 is 0 Å². The van der Waals surface area contributed by atoms with E-state index in [2.05, 4.69) is 4.98 Å². The van der Waals surface area contributed by atoms with Crippen molar-refractivity contribution < 1.29 is 8.42 Å². The summed E-state index contributed by atoms with van der Waals surface area (Å²) in [5.41, 5.74) is -0.171. The number of thiophene rings is 1. The van der Waals surface area contributed by atoms with E-state index in [4.69, 9.17) is 0 Å². The van der Waals surface area contributed by atoms with Crippen molar-refractivity contribution in [2.75, 3.05) is 18.8 Å². The number of sulfonamides is 1. The third kappa shape index (κ3) is 3.02. The minimum absolute atomic E-state index is 0.0514. The lowest BCUT2D eigenvalue weighted by Gasteiger charge is -2.25. The molecule has 3 rings (SSSR count). The Bertz CT molecular complexity index is 788. The quantitative estimate of drug-likeness (QED) is 0.848. The van der Waals surface area contributed by atoms with Gasteiger partial charge in [-0.05, 0) is 24.3 Å². The number of aromatic nitrogens is 2. The van der Waals surface area contributed by atoms with Crippen molar-refractivity contribution in [3.05, 3.63) is 28.1 Å². The molecule has 3 heterocycles. The Morgan fingerprint density at radius 2 is 2.00 bits per heavy atom. The van der Waals surface area contributed by atoms with Gasteiger partial charge in [0.05, 0.1) is 17.5 Å². The van der Waals surface area contributed by atoms with Gasteiger partial charge in [0.25, 0.3) is 5.56 Å². The molecule has 2 aromatic heterocycles. The second-order valence-electron chi connectivity index (χ2n) is 5.16. The van der Waals surface area contributed by atoms with Crippen molar-refractivity contribution in [2.24, 2.45) is 0 Å². The maximum Gasteiger partial charge on any atom is 0.262 e. The zero-order chi connectivity index (χ0) is 14.9. The number of aryl methyl sites for hydroxylation is 1. The van der Waals surface area contributed by atoms with Crippen molar-refractivity contribution in [3.63, 3.8) is 0 Å². The number of fused-ring (bicyclic) bond motifs is 1. The molecule has 0 radical (unpaired) electrons. The van der Waals surface area contributed by atoms with Crippen molar-refractivity contribution in [2.45, 2.75) is 25.8 Å². The summed E-state index contributed by atoms with van der Waals surface area (Å²) in [7, 11) is -3.29. The maximum absolute atomic E-state index is 12.3. The van der Waals surface area contributed by atoms with E-state index in [1.54, 1.807) is 6.07 Å². The van der Waals surface area contributed by atoms with E-state index in [0.29, 0.717) is 23.3 Å². The highest BCUT2D eigenvalue weighted by atomic mass is 32.2. The predicted molar refractivity (Wildman–Crippen MR) is 83.1 cm³/mol. The Morgan fingerprint density at radius 1 is 1.24 bits per heavy atom. The van der Waals surface area contributed by atoms with E-state index in [-0.39, 0.29) is 17.9 Å². The van der Waals surface area contributed by atoms with Crippen molar-refractivity contribution in [1.29, 1.82) is 0 Å². The summed E-state index contributed by atoms with van der Waals surface area (Å²) in [4.78, 5) is 17.1. The molecule has 0 amide bonds. The molecule has 0 aromatic carbocycles. The van der Waals surface area contributed by atoms with Crippen LogP contribution in [0.3, 0.4) is 0 Å². The maximum atomic E-state index is 12.3. The molecule has 1 saturated heterocycles. The second kappa shape index (κ2) is 5.86. The largest absolute Gasteiger partial charge is 0.298 e. The summed E-state index contributed by atoms with van der Waals surface area (Å²) < 4.78 is 27.5. The van der Waals surface area contributed by atoms with Crippen LogP contribution < -0.4 is 5.56 Å². The van der Waals surface area contributed by atoms with Crippen LogP contribution in [0.5, 0.6) is 0 Å². The van der Waals surface area contributed by atoms with Crippen LogP contribution in [0.25, 0.3) is 10.2 Å². The molecule has 0 aliphatic carbocycles. The molecule has 0 atom stereocenters. The van der Waals surface area contributed by atoms with Gasteiger partial charge in [-0.2, -0.15) is 0 Å². The van der Waals surface area contributed by atoms with Crippen LogP contribution in [0, 0.1) is 0 Å². The fraction of sp³-hybridized carbons (Fsp3) is 0.538. The van der Waals surface area contributed by atoms with Crippen molar-refractivity contribution >= 4 is 31.6 Å². The zero-order valence-electron chi connectivity index (χ0n) is 11.6. The number of piperidine rings is 1. The van der Waals surface area contributed by atoms with E-state index < -0.39 is 10.0 Å². The van der Waals surface area contributed by atoms with E-state index in [1.165, 1.54) is 26.5 Å². The summed E-state index contributed by atoms with van der Waals surface area (Å²) in [6, 6.07) is 1.73. The van der Waals surface area contributed by atoms with Gasteiger partial charge in [0, 0.05) is 19.6 Å². The van der Waals surface area contributed by atoms with Gasteiger partial charge in [-0.1, -0.05) is 6.42 Å². The SMILES string of the molecule is O=c1c2ccsc2ncn1CCS(=O)(=O)N1CCCCC1. The number of nitrogens with zero attached hydrogens (tertiary/aromatic N) is 3. The van der Waals surface area contributed by atoms with Gasteiger partial charge in [-0.25, -0.2) is 17.7 Å². The molecule has 0 unspecified atom stereocenters. The number of rotatable bonds is 4. The van der Waals surface area contributed by atoms with Gasteiger partial charge in [0.2, 0.25) is 10.0 Å². The predicted octanol–water partition coefficient (Wildman–Crippen LogP) is 1.27. The standard InChI is InChI=1S/C13H17N3O3S2/c17-13-11-4-8-20-12(11)14-10-15(13)7-9-21(18,19)16-5-2-1-3-6-16/h4,8,10H,1-3,5-7,9H2. The van der Waals surface area contributed by atoms with E-state index >= 15 is 0 Å². The van der Waals surface area contributed by atoms with Gasteiger partial charge in [0.1, 0.15) is 4.83 Å². The third-order valence-electron chi connectivity index (χ3n) is 3.75. The molecule has 2 aromatic rings.